The van der Waals surface area contributed by atoms with Gasteiger partial charge in [-0.15, -0.1) is 0 Å². The molecule has 2 aliphatic heterocycles. The number of benzene rings is 2. The smallest absolute Gasteiger partial charge is 0.326 e. The second kappa shape index (κ2) is 12.6. The molecule has 2 aliphatic rings. The summed E-state index contributed by atoms with van der Waals surface area (Å²) < 4.78 is 27.3. The van der Waals surface area contributed by atoms with Crippen molar-refractivity contribution in [3.8, 4) is 11.5 Å². The molecular formula is C33H40FN7O4. The number of hydrogen-bond donors (Lipinski definition) is 1. The number of carbonyl (C=O) groups is 1. The zero-order valence-electron chi connectivity index (χ0n) is 26.3. The normalized spacial score (nSPS) is 18.5. The van der Waals surface area contributed by atoms with Gasteiger partial charge in [0.25, 0.3) is 5.91 Å². The monoisotopic (exact) mass is 617 g/mol. The van der Waals surface area contributed by atoms with Crippen LogP contribution in [0.15, 0.2) is 53.7 Å². The van der Waals surface area contributed by atoms with Crippen molar-refractivity contribution in [2.75, 3.05) is 51.8 Å². The number of likely N-dealkylation sites (tertiary alicyclic amines) is 1. The Morgan fingerprint density at radius 2 is 1.96 bits per heavy atom. The number of H-pyrrole nitrogens is 1. The first-order valence-electron chi connectivity index (χ1n) is 15.4. The van der Waals surface area contributed by atoms with Gasteiger partial charge in [0.1, 0.15) is 17.9 Å². The number of aromatic nitrogens is 4. The predicted molar refractivity (Wildman–Crippen MR) is 169 cm³/mol. The fourth-order valence-corrected chi connectivity index (χ4v) is 6.50. The Bertz CT molecular complexity index is 1750. The van der Waals surface area contributed by atoms with E-state index < -0.39 is 5.82 Å². The van der Waals surface area contributed by atoms with E-state index in [0.29, 0.717) is 24.7 Å². The van der Waals surface area contributed by atoms with Crippen LogP contribution in [0, 0.1) is 11.2 Å². The third-order valence-electron chi connectivity index (χ3n) is 9.16. The minimum absolute atomic E-state index is 0.0592. The largest absolute Gasteiger partial charge is 0.451 e. The summed E-state index contributed by atoms with van der Waals surface area (Å²) in [5.41, 5.74) is 3.03. The SMILES string of the molecule is COCCn1c(=O)[nH]c2cc(CN3CCC4(CCN(c5ncncc5Oc5ccc(F)cc5C(=O)N(C)C(C)C)C4)C3)ccc21. The minimum Gasteiger partial charge on any atom is -0.451 e. The van der Waals surface area contributed by atoms with Gasteiger partial charge in [-0.05, 0) is 69.1 Å². The lowest BCUT2D eigenvalue weighted by Gasteiger charge is -2.26. The topological polar surface area (TPSA) is 109 Å². The van der Waals surface area contributed by atoms with Crippen molar-refractivity contribution in [2.24, 2.45) is 5.41 Å². The maximum absolute atomic E-state index is 14.2. The first-order chi connectivity index (χ1) is 21.7. The van der Waals surface area contributed by atoms with Crippen LogP contribution < -0.4 is 15.3 Å². The second-order valence-electron chi connectivity index (χ2n) is 12.5. The van der Waals surface area contributed by atoms with Crippen LogP contribution in [-0.4, -0.2) is 88.2 Å². The number of imidazole rings is 1. The highest BCUT2D eigenvalue weighted by atomic mass is 19.1. The van der Waals surface area contributed by atoms with Crippen molar-refractivity contribution in [1.82, 2.24) is 29.3 Å². The highest BCUT2D eigenvalue weighted by Crippen LogP contribution is 2.43. The van der Waals surface area contributed by atoms with Crippen LogP contribution >= 0.6 is 0 Å². The van der Waals surface area contributed by atoms with Gasteiger partial charge in [0.15, 0.2) is 11.6 Å². The van der Waals surface area contributed by atoms with E-state index in [1.54, 1.807) is 29.8 Å². The lowest BCUT2D eigenvalue weighted by atomic mass is 9.86. The summed E-state index contributed by atoms with van der Waals surface area (Å²) in [6, 6.07) is 10.1. The van der Waals surface area contributed by atoms with Crippen molar-refractivity contribution in [2.45, 2.75) is 45.8 Å². The molecule has 4 heterocycles. The van der Waals surface area contributed by atoms with Gasteiger partial charge in [0, 0.05) is 51.8 Å². The molecule has 0 bridgehead atoms. The van der Waals surface area contributed by atoms with Crippen molar-refractivity contribution in [3.05, 3.63) is 76.4 Å². The molecule has 2 aromatic heterocycles. The molecule has 1 atom stereocenters. The van der Waals surface area contributed by atoms with E-state index in [2.05, 4.69) is 36.9 Å². The van der Waals surface area contributed by atoms with Crippen molar-refractivity contribution in [3.63, 3.8) is 0 Å². The molecule has 1 unspecified atom stereocenters. The zero-order chi connectivity index (χ0) is 31.7. The average Bonchev–Trinajstić information content (AvgIpc) is 3.72. The first-order valence-corrected chi connectivity index (χ1v) is 15.4. The lowest BCUT2D eigenvalue weighted by molar-refractivity contribution is 0.0751. The molecule has 4 aromatic rings. The molecular weight excluding hydrogens is 577 g/mol. The average molecular weight is 618 g/mol. The number of halogens is 1. The summed E-state index contributed by atoms with van der Waals surface area (Å²) in [6.45, 7) is 9.16. The second-order valence-corrected chi connectivity index (χ2v) is 12.5. The van der Waals surface area contributed by atoms with Crippen LogP contribution in [0.5, 0.6) is 11.5 Å². The summed E-state index contributed by atoms with van der Waals surface area (Å²) in [5, 5.41) is 0. The zero-order valence-corrected chi connectivity index (χ0v) is 26.3. The van der Waals surface area contributed by atoms with Crippen molar-refractivity contribution >= 4 is 22.8 Å². The molecule has 2 saturated heterocycles. The molecule has 1 amide bonds. The Morgan fingerprint density at radius 1 is 1.13 bits per heavy atom. The number of nitrogens with one attached hydrogen (secondary N) is 1. The Balaban J connectivity index is 1.15. The number of rotatable bonds is 10. The van der Waals surface area contributed by atoms with Crippen LogP contribution in [0.3, 0.4) is 0 Å². The molecule has 0 aliphatic carbocycles. The van der Waals surface area contributed by atoms with Gasteiger partial charge in [-0.2, -0.15) is 0 Å². The van der Waals surface area contributed by atoms with Gasteiger partial charge >= 0.3 is 5.69 Å². The highest BCUT2D eigenvalue weighted by Gasteiger charge is 2.44. The number of methoxy groups -OCH3 is 1. The maximum Gasteiger partial charge on any atom is 0.326 e. The predicted octanol–water partition coefficient (Wildman–Crippen LogP) is 4.28. The quantitative estimate of drug-likeness (QED) is 0.281. The minimum atomic E-state index is -0.506. The maximum atomic E-state index is 14.2. The number of nitrogens with zero attached hydrogens (tertiary/aromatic N) is 6. The highest BCUT2D eigenvalue weighted by molar-refractivity contribution is 5.97. The lowest BCUT2D eigenvalue weighted by Crippen LogP contribution is -2.33. The van der Waals surface area contributed by atoms with E-state index in [1.807, 2.05) is 19.9 Å². The Labute approximate surface area is 261 Å². The van der Waals surface area contributed by atoms with E-state index in [1.165, 1.54) is 24.5 Å². The standard InChI is InChI=1S/C33H40FN7O4/c1-22(2)38(3)31(42)25-16-24(34)6-8-28(25)45-29-17-35-21-36-30(29)40-12-10-33(20-40)9-11-39(19-33)18-23-5-7-27-26(15-23)37-32(43)41(27)13-14-44-4/h5-8,15-17,21-22H,9-14,18-20H2,1-4H3,(H,37,43). The van der Waals surface area contributed by atoms with Crippen LogP contribution in [-0.2, 0) is 17.8 Å². The summed E-state index contributed by atoms with van der Waals surface area (Å²) in [4.78, 5) is 43.6. The Kier molecular flexibility index (Phi) is 8.61. The van der Waals surface area contributed by atoms with Crippen molar-refractivity contribution < 1.29 is 18.7 Å². The number of fused-ring (bicyclic) bond motifs is 1. The summed E-state index contributed by atoms with van der Waals surface area (Å²) >= 11 is 0. The molecule has 6 rings (SSSR count). The number of carbonyl (C=O) groups excluding carboxylic acids is 1. The number of ether oxygens (including phenoxy) is 2. The van der Waals surface area contributed by atoms with E-state index in [9.17, 15) is 14.0 Å². The van der Waals surface area contributed by atoms with E-state index in [4.69, 9.17) is 9.47 Å². The van der Waals surface area contributed by atoms with Crippen LogP contribution in [0.4, 0.5) is 10.2 Å². The molecule has 2 aromatic carbocycles. The molecule has 2 fully saturated rings. The van der Waals surface area contributed by atoms with E-state index >= 15 is 0 Å². The van der Waals surface area contributed by atoms with Gasteiger partial charge in [-0.1, -0.05) is 6.07 Å². The van der Waals surface area contributed by atoms with Gasteiger partial charge < -0.3 is 24.3 Å². The van der Waals surface area contributed by atoms with Gasteiger partial charge in [-0.3, -0.25) is 14.3 Å². The Morgan fingerprint density at radius 3 is 2.76 bits per heavy atom. The summed E-state index contributed by atoms with van der Waals surface area (Å²) in [5.74, 6) is 0.523. The summed E-state index contributed by atoms with van der Waals surface area (Å²) in [6.07, 6.45) is 5.18. The fourth-order valence-electron chi connectivity index (χ4n) is 6.50. The number of hydrogen-bond acceptors (Lipinski definition) is 8. The third-order valence-corrected chi connectivity index (χ3v) is 9.16. The van der Waals surface area contributed by atoms with Gasteiger partial charge in [0.2, 0.25) is 0 Å². The number of amides is 1. The van der Waals surface area contributed by atoms with E-state index in [0.717, 1.165) is 62.2 Å². The molecule has 45 heavy (non-hydrogen) atoms. The number of anilines is 1. The first kappa shape index (κ1) is 30.7. The molecule has 0 radical (unpaired) electrons. The summed E-state index contributed by atoms with van der Waals surface area (Å²) in [7, 11) is 3.32. The Hall–Kier alpha value is -4.29. The molecule has 11 nitrogen and oxygen atoms in total. The number of aromatic amines is 1. The van der Waals surface area contributed by atoms with Crippen molar-refractivity contribution in [1.29, 1.82) is 0 Å². The molecule has 238 valence electrons. The molecule has 1 N–H and O–H groups in total. The van der Waals surface area contributed by atoms with Crippen LogP contribution in [0.2, 0.25) is 0 Å². The van der Waals surface area contributed by atoms with Gasteiger partial charge in [0.05, 0.1) is 35.9 Å². The molecule has 12 heteroatoms. The van der Waals surface area contributed by atoms with E-state index in [-0.39, 0.29) is 34.4 Å². The van der Waals surface area contributed by atoms with Crippen LogP contribution in [0.25, 0.3) is 11.0 Å². The molecule has 0 saturated carbocycles. The van der Waals surface area contributed by atoms with Gasteiger partial charge in [-0.25, -0.2) is 19.2 Å². The fraction of sp³-hybridized carbons (Fsp3) is 0.455. The van der Waals surface area contributed by atoms with Crippen LogP contribution in [0.1, 0.15) is 42.6 Å². The third kappa shape index (κ3) is 6.30. The molecule has 1 spiro atoms.